The Kier molecular flexibility index (Phi) is 3.52. The number of carbonyl (C=O) groups excluding carboxylic acids is 1. The van der Waals surface area contributed by atoms with E-state index in [1.807, 2.05) is 0 Å². The summed E-state index contributed by atoms with van der Waals surface area (Å²) in [5.41, 5.74) is -0.378. The first kappa shape index (κ1) is 14.8. The monoisotopic (exact) mass is 321 g/mol. The highest BCUT2D eigenvalue weighted by molar-refractivity contribution is 7.91. The maximum atomic E-state index is 12.5. The predicted octanol–water partition coefficient (Wildman–Crippen LogP) is 1.05. The Hall–Kier alpha value is -2.15. The number of para-hydroxylation sites is 1. The van der Waals surface area contributed by atoms with Crippen molar-refractivity contribution in [2.45, 2.75) is 12.5 Å². The highest BCUT2D eigenvalue weighted by Crippen LogP contribution is 2.19. The minimum absolute atomic E-state index is 0.0614. The number of nitrogens with zero attached hydrogens (tertiary/aromatic N) is 1. The van der Waals surface area contributed by atoms with E-state index in [9.17, 15) is 18.0 Å². The first-order valence-corrected chi connectivity index (χ1v) is 8.70. The van der Waals surface area contributed by atoms with Gasteiger partial charge in [-0.15, -0.1) is 0 Å². The third-order valence-corrected chi connectivity index (χ3v) is 5.70. The smallest absolute Gasteiger partial charge is 0.349 e. The fraction of sp³-hybridized carbons (Fsp3) is 0.333. The van der Waals surface area contributed by atoms with E-state index in [2.05, 4.69) is 0 Å². The van der Waals surface area contributed by atoms with Crippen LogP contribution < -0.4 is 5.63 Å². The summed E-state index contributed by atoms with van der Waals surface area (Å²) in [4.78, 5) is 25.8. The van der Waals surface area contributed by atoms with Gasteiger partial charge in [0.15, 0.2) is 9.84 Å². The summed E-state index contributed by atoms with van der Waals surface area (Å²) in [5, 5.41) is 0.651. The van der Waals surface area contributed by atoms with Crippen LogP contribution in [0.15, 0.2) is 39.5 Å². The third-order valence-electron chi connectivity index (χ3n) is 3.95. The van der Waals surface area contributed by atoms with Gasteiger partial charge in [0, 0.05) is 18.5 Å². The van der Waals surface area contributed by atoms with Gasteiger partial charge >= 0.3 is 5.63 Å². The first-order valence-electron chi connectivity index (χ1n) is 6.88. The molecule has 7 heteroatoms. The molecule has 6 nitrogen and oxygen atoms in total. The molecular weight excluding hydrogens is 306 g/mol. The molecule has 1 fully saturated rings. The molecule has 3 rings (SSSR count). The molecular formula is C15H15NO5S. The molecule has 0 N–H and O–H groups in total. The Morgan fingerprint density at radius 3 is 2.73 bits per heavy atom. The highest BCUT2D eigenvalue weighted by Gasteiger charge is 2.33. The maximum absolute atomic E-state index is 12.5. The van der Waals surface area contributed by atoms with Crippen molar-refractivity contribution in [1.29, 1.82) is 0 Å². The van der Waals surface area contributed by atoms with Crippen molar-refractivity contribution in [3.05, 3.63) is 46.3 Å². The molecule has 2 aromatic rings. The summed E-state index contributed by atoms with van der Waals surface area (Å²) >= 11 is 0. The van der Waals surface area contributed by atoms with Gasteiger partial charge in [-0.25, -0.2) is 13.2 Å². The van der Waals surface area contributed by atoms with Crippen LogP contribution in [0.2, 0.25) is 0 Å². The van der Waals surface area contributed by atoms with E-state index in [-0.39, 0.29) is 17.1 Å². The molecule has 1 saturated heterocycles. The number of carbonyl (C=O) groups is 1. The van der Waals surface area contributed by atoms with Gasteiger partial charge in [0.2, 0.25) is 0 Å². The van der Waals surface area contributed by atoms with Crippen LogP contribution in [0.5, 0.6) is 0 Å². The minimum Gasteiger partial charge on any atom is -0.422 e. The van der Waals surface area contributed by atoms with E-state index in [1.54, 1.807) is 24.3 Å². The van der Waals surface area contributed by atoms with E-state index in [1.165, 1.54) is 18.0 Å². The van der Waals surface area contributed by atoms with Crippen molar-refractivity contribution in [2.75, 3.05) is 18.6 Å². The molecule has 22 heavy (non-hydrogen) atoms. The fourth-order valence-corrected chi connectivity index (χ4v) is 4.42. The van der Waals surface area contributed by atoms with Crippen molar-refractivity contribution in [1.82, 2.24) is 4.90 Å². The molecule has 116 valence electrons. The second-order valence-corrected chi connectivity index (χ2v) is 7.69. The lowest BCUT2D eigenvalue weighted by molar-refractivity contribution is 0.0743. The molecule has 0 aliphatic carbocycles. The number of amides is 1. The van der Waals surface area contributed by atoms with Crippen molar-refractivity contribution < 1.29 is 17.6 Å². The van der Waals surface area contributed by atoms with Gasteiger partial charge in [0.05, 0.1) is 11.5 Å². The van der Waals surface area contributed by atoms with Crippen LogP contribution in [0.1, 0.15) is 16.8 Å². The van der Waals surface area contributed by atoms with Crippen molar-refractivity contribution >= 4 is 26.7 Å². The number of rotatable bonds is 2. The number of hydrogen-bond acceptors (Lipinski definition) is 5. The van der Waals surface area contributed by atoms with Crippen LogP contribution in [0.25, 0.3) is 11.0 Å². The lowest BCUT2D eigenvalue weighted by Gasteiger charge is -2.22. The van der Waals surface area contributed by atoms with Gasteiger partial charge in [-0.1, -0.05) is 18.2 Å². The van der Waals surface area contributed by atoms with Gasteiger partial charge < -0.3 is 9.32 Å². The Labute approximate surface area is 127 Å². The standard InChI is InChI=1S/C15H15NO5S/c1-16(11-6-7-22(19,20)9-11)14(17)12-8-10-4-2-3-5-13(10)21-15(12)18/h2-5,8,11H,6-7,9H2,1H3. The van der Waals surface area contributed by atoms with Crippen LogP contribution in [0.4, 0.5) is 0 Å². The molecule has 1 aromatic carbocycles. The van der Waals surface area contributed by atoms with E-state index in [0.717, 1.165) is 0 Å². The van der Waals surface area contributed by atoms with Crippen LogP contribution >= 0.6 is 0 Å². The third kappa shape index (κ3) is 2.64. The summed E-state index contributed by atoms with van der Waals surface area (Å²) in [6.45, 7) is 0. The largest absolute Gasteiger partial charge is 0.422 e. The van der Waals surface area contributed by atoms with E-state index in [0.29, 0.717) is 17.4 Å². The molecule has 0 saturated carbocycles. The quantitative estimate of drug-likeness (QED) is 0.772. The van der Waals surface area contributed by atoms with Crippen LogP contribution in [0.3, 0.4) is 0 Å². The number of fused-ring (bicyclic) bond motifs is 1. The minimum atomic E-state index is -3.10. The molecule has 1 atom stereocenters. The van der Waals surface area contributed by atoms with Crippen LogP contribution in [-0.2, 0) is 9.84 Å². The summed E-state index contributed by atoms with van der Waals surface area (Å²) < 4.78 is 28.2. The molecule has 0 spiro atoms. The molecule has 0 bridgehead atoms. The Morgan fingerprint density at radius 2 is 2.05 bits per heavy atom. The summed E-state index contributed by atoms with van der Waals surface area (Å²) in [5.74, 6) is -0.503. The lowest BCUT2D eigenvalue weighted by Crippen LogP contribution is -2.39. The molecule has 1 aliphatic rings. The van der Waals surface area contributed by atoms with E-state index < -0.39 is 27.4 Å². The first-order chi connectivity index (χ1) is 10.4. The van der Waals surface area contributed by atoms with Gasteiger partial charge in [0.1, 0.15) is 11.1 Å². The van der Waals surface area contributed by atoms with Crippen molar-refractivity contribution in [2.24, 2.45) is 0 Å². The Bertz CT molecular complexity index is 900. The van der Waals surface area contributed by atoms with E-state index >= 15 is 0 Å². The molecule has 1 amide bonds. The Balaban J connectivity index is 1.95. The molecule has 2 heterocycles. The highest BCUT2D eigenvalue weighted by atomic mass is 32.2. The number of benzene rings is 1. The van der Waals surface area contributed by atoms with Gasteiger partial charge in [-0.05, 0) is 18.6 Å². The van der Waals surface area contributed by atoms with Gasteiger partial charge in [0.25, 0.3) is 5.91 Å². The number of sulfone groups is 1. The van der Waals surface area contributed by atoms with Gasteiger partial charge in [-0.3, -0.25) is 4.79 Å². The van der Waals surface area contributed by atoms with Gasteiger partial charge in [-0.2, -0.15) is 0 Å². The summed E-state index contributed by atoms with van der Waals surface area (Å²) in [7, 11) is -1.58. The van der Waals surface area contributed by atoms with Crippen LogP contribution in [-0.4, -0.2) is 43.8 Å². The Morgan fingerprint density at radius 1 is 1.32 bits per heavy atom. The second kappa shape index (κ2) is 5.24. The molecule has 1 aromatic heterocycles. The normalized spacial score (nSPS) is 20.1. The fourth-order valence-electron chi connectivity index (χ4n) is 2.65. The second-order valence-electron chi connectivity index (χ2n) is 5.46. The average molecular weight is 321 g/mol. The molecule has 0 radical (unpaired) electrons. The average Bonchev–Trinajstić information content (AvgIpc) is 2.85. The zero-order chi connectivity index (χ0) is 15.9. The van der Waals surface area contributed by atoms with Crippen molar-refractivity contribution in [3.63, 3.8) is 0 Å². The summed E-state index contributed by atoms with van der Waals surface area (Å²) in [6.07, 6.45) is 0.392. The topological polar surface area (TPSA) is 84.7 Å². The molecule has 1 aliphatic heterocycles. The predicted molar refractivity (Wildman–Crippen MR) is 81.6 cm³/mol. The SMILES string of the molecule is CN(C(=O)c1cc2ccccc2oc1=O)C1CCS(=O)(=O)C1. The zero-order valence-corrected chi connectivity index (χ0v) is 12.8. The maximum Gasteiger partial charge on any atom is 0.349 e. The van der Waals surface area contributed by atoms with E-state index in [4.69, 9.17) is 4.42 Å². The molecule has 1 unspecified atom stereocenters. The zero-order valence-electron chi connectivity index (χ0n) is 12.0. The van der Waals surface area contributed by atoms with Crippen molar-refractivity contribution in [3.8, 4) is 0 Å². The van der Waals surface area contributed by atoms with Crippen LogP contribution in [0, 0.1) is 0 Å². The number of hydrogen-bond donors (Lipinski definition) is 0. The lowest BCUT2D eigenvalue weighted by atomic mass is 10.1. The summed E-state index contributed by atoms with van der Waals surface area (Å²) in [6, 6.07) is 8.01.